The van der Waals surface area contributed by atoms with E-state index in [-0.39, 0.29) is 11.6 Å². The summed E-state index contributed by atoms with van der Waals surface area (Å²) in [5.41, 5.74) is 6.16. The lowest BCUT2D eigenvalue weighted by molar-refractivity contribution is -0.114. The Labute approximate surface area is 186 Å². The van der Waals surface area contributed by atoms with E-state index in [9.17, 15) is 9.59 Å². The Morgan fingerprint density at radius 3 is 1.53 bits per heavy atom. The van der Waals surface area contributed by atoms with Crippen LogP contribution < -0.4 is 0 Å². The number of Topliss-reactive ketones (excluding diaryl/α,β-unsaturated/α-hetero) is 1. The minimum atomic E-state index is 0.142. The lowest BCUT2D eigenvalue weighted by Gasteiger charge is -1.97. The van der Waals surface area contributed by atoms with E-state index < -0.39 is 0 Å². The average Bonchev–Trinajstić information content (AvgIpc) is 2.65. The number of carbonyl (C=O) groups is 2. The zero-order valence-corrected chi connectivity index (χ0v) is 20.9. The molecule has 0 bridgehead atoms. The van der Waals surface area contributed by atoms with Gasteiger partial charge in [0.05, 0.1) is 0 Å². The van der Waals surface area contributed by atoms with Crippen molar-refractivity contribution in [2.75, 3.05) is 0 Å². The zero-order chi connectivity index (χ0) is 23.5. The van der Waals surface area contributed by atoms with Gasteiger partial charge in [0.15, 0.2) is 11.6 Å². The van der Waals surface area contributed by atoms with Crippen molar-refractivity contribution in [2.45, 2.75) is 94.4 Å². The van der Waals surface area contributed by atoms with Crippen LogP contribution in [0.1, 0.15) is 94.4 Å². The number of carbonyl (C=O) groups excluding carboxylic acids is 2. The Hall–Kier alpha value is -2.22. The maximum absolute atomic E-state index is 11.0. The first-order valence-electron chi connectivity index (χ1n) is 11.0. The highest BCUT2D eigenvalue weighted by atomic mass is 16.1. The van der Waals surface area contributed by atoms with Gasteiger partial charge >= 0.3 is 0 Å². The molecule has 168 valence electrons. The Balaban J connectivity index is 0. The second-order valence-electron chi connectivity index (χ2n) is 8.25. The van der Waals surface area contributed by atoms with Crippen LogP contribution in [0.25, 0.3) is 0 Å². The molecule has 2 nitrogen and oxygen atoms in total. The van der Waals surface area contributed by atoms with Gasteiger partial charge in [0, 0.05) is 6.42 Å². The number of hydrogen-bond donors (Lipinski definition) is 0. The summed E-state index contributed by atoms with van der Waals surface area (Å²) in [6.45, 7) is 18.0. The molecule has 0 aromatic carbocycles. The Bertz CT molecular complexity index is 697. The van der Waals surface area contributed by atoms with Crippen molar-refractivity contribution >= 4 is 11.6 Å². The summed E-state index contributed by atoms with van der Waals surface area (Å²) in [7, 11) is 0. The molecule has 0 saturated carbocycles. The predicted molar refractivity (Wildman–Crippen MR) is 134 cm³/mol. The van der Waals surface area contributed by atoms with Crippen LogP contribution in [0.4, 0.5) is 0 Å². The molecule has 0 aromatic heterocycles. The number of ketones is 2. The molecule has 0 saturated heterocycles. The third kappa shape index (κ3) is 22.1. The maximum Gasteiger partial charge on any atom is 0.155 e. The van der Waals surface area contributed by atoms with E-state index in [1.807, 2.05) is 38.2 Å². The lowest BCUT2D eigenvalue weighted by atomic mass is 10.1. The third-order valence-corrected chi connectivity index (χ3v) is 4.37. The standard InChI is InChI=1S/2C14H22O/c1-11(2)7-6-8-12(3)9-10-13(4)14(5)15;1-5-14(15)11-7-10-13(4)9-6-8-12(2)3/h7,9-10H,6,8H2,1-5H3;7-8,10-11H,5-6,9H2,1-4H3. The predicted octanol–water partition coefficient (Wildman–Crippen LogP) is 8.43. The first-order valence-corrected chi connectivity index (χ1v) is 11.0. The summed E-state index contributed by atoms with van der Waals surface area (Å²) in [6.07, 6.45) is 18.8. The van der Waals surface area contributed by atoms with E-state index in [0.717, 1.165) is 31.3 Å². The molecule has 0 aliphatic carbocycles. The van der Waals surface area contributed by atoms with Gasteiger partial charge in [0.1, 0.15) is 0 Å². The Kier molecular flexibility index (Phi) is 18.8. The molecule has 0 rings (SSSR count). The molecular formula is C28H44O2. The molecule has 0 heterocycles. The molecule has 0 amide bonds. The average molecular weight is 413 g/mol. The van der Waals surface area contributed by atoms with Crippen LogP contribution in [0, 0.1) is 0 Å². The number of rotatable bonds is 11. The van der Waals surface area contributed by atoms with E-state index in [1.165, 1.54) is 22.3 Å². The van der Waals surface area contributed by atoms with Crippen LogP contribution in [-0.2, 0) is 9.59 Å². The normalized spacial score (nSPS) is 12.2. The summed E-state index contributed by atoms with van der Waals surface area (Å²) >= 11 is 0. The molecule has 0 atom stereocenters. The summed E-state index contributed by atoms with van der Waals surface area (Å²) < 4.78 is 0. The molecule has 0 aliphatic rings. The highest BCUT2D eigenvalue weighted by Crippen LogP contribution is 2.08. The fourth-order valence-corrected chi connectivity index (χ4v) is 2.17. The number of hydrogen-bond acceptors (Lipinski definition) is 2. The summed E-state index contributed by atoms with van der Waals surface area (Å²) in [4.78, 5) is 21.9. The van der Waals surface area contributed by atoms with E-state index in [4.69, 9.17) is 0 Å². The minimum Gasteiger partial charge on any atom is -0.295 e. The quantitative estimate of drug-likeness (QED) is 0.194. The second kappa shape index (κ2) is 18.8. The van der Waals surface area contributed by atoms with Crippen molar-refractivity contribution in [2.24, 2.45) is 0 Å². The van der Waals surface area contributed by atoms with Crippen LogP contribution in [0.2, 0.25) is 0 Å². The minimum absolute atomic E-state index is 0.142. The highest BCUT2D eigenvalue weighted by molar-refractivity contribution is 5.92. The van der Waals surface area contributed by atoms with Gasteiger partial charge in [-0.05, 0) is 92.7 Å². The maximum atomic E-state index is 11.0. The molecule has 0 aliphatic heterocycles. The van der Waals surface area contributed by atoms with Gasteiger partial charge in [0.25, 0.3) is 0 Å². The van der Waals surface area contributed by atoms with Gasteiger partial charge in [-0.3, -0.25) is 9.59 Å². The van der Waals surface area contributed by atoms with E-state index >= 15 is 0 Å². The molecule has 30 heavy (non-hydrogen) atoms. The smallest absolute Gasteiger partial charge is 0.155 e. The Morgan fingerprint density at radius 1 is 0.667 bits per heavy atom. The third-order valence-electron chi connectivity index (χ3n) is 4.37. The van der Waals surface area contributed by atoms with Crippen LogP contribution in [0.5, 0.6) is 0 Å². The second-order valence-corrected chi connectivity index (χ2v) is 8.25. The van der Waals surface area contributed by atoms with Gasteiger partial charge in [-0.25, -0.2) is 0 Å². The molecule has 0 unspecified atom stereocenters. The van der Waals surface area contributed by atoms with Gasteiger partial charge < -0.3 is 0 Å². The van der Waals surface area contributed by atoms with Crippen molar-refractivity contribution < 1.29 is 9.59 Å². The van der Waals surface area contributed by atoms with Crippen LogP contribution in [0.15, 0.2) is 70.4 Å². The zero-order valence-electron chi connectivity index (χ0n) is 20.9. The summed E-state index contributed by atoms with van der Waals surface area (Å²) in [6, 6.07) is 0. The molecule has 0 radical (unpaired) electrons. The monoisotopic (exact) mass is 412 g/mol. The first kappa shape index (κ1) is 30.0. The summed E-state index contributed by atoms with van der Waals surface area (Å²) in [5, 5.41) is 0. The largest absolute Gasteiger partial charge is 0.295 e. The van der Waals surface area contributed by atoms with E-state index in [0.29, 0.717) is 6.42 Å². The molecule has 0 aromatic rings. The topological polar surface area (TPSA) is 34.1 Å². The van der Waals surface area contributed by atoms with Crippen molar-refractivity contribution in [1.29, 1.82) is 0 Å². The SMILES string of the molecule is CC(=O)C(C)=CC=C(C)CCC=C(C)C.CCC(=O)C=CC=C(C)CCC=C(C)C. The van der Waals surface area contributed by atoms with Crippen LogP contribution >= 0.6 is 0 Å². The van der Waals surface area contributed by atoms with Crippen LogP contribution in [-0.4, -0.2) is 11.6 Å². The Morgan fingerprint density at radius 2 is 1.13 bits per heavy atom. The lowest BCUT2D eigenvalue weighted by Crippen LogP contribution is -1.89. The fraction of sp³-hybridized carbons (Fsp3) is 0.500. The van der Waals surface area contributed by atoms with Gasteiger partial charge in [-0.2, -0.15) is 0 Å². The molecule has 2 heteroatoms. The van der Waals surface area contributed by atoms with Crippen molar-refractivity contribution in [3.63, 3.8) is 0 Å². The van der Waals surface area contributed by atoms with Crippen molar-refractivity contribution in [3.05, 3.63) is 70.4 Å². The fourth-order valence-electron chi connectivity index (χ4n) is 2.17. The highest BCUT2D eigenvalue weighted by Gasteiger charge is 1.93. The number of allylic oxidation sites excluding steroid dienone is 12. The molecule has 0 N–H and O–H groups in total. The van der Waals surface area contributed by atoms with Gasteiger partial charge in [-0.15, -0.1) is 0 Å². The molecule has 0 fully saturated rings. The first-order chi connectivity index (χ1) is 14.0. The van der Waals surface area contributed by atoms with Gasteiger partial charge in [-0.1, -0.05) is 65.7 Å². The summed E-state index contributed by atoms with van der Waals surface area (Å²) in [5.74, 6) is 0.326. The molecule has 0 spiro atoms. The van der Waals surface area contributed by atoms with Gasteiger partial charge in [0.2, 0.25) is 0 Å². The molecular weight excluding hydrogens is 368 g/mol. The van der Waals surface area contributed by atoms with Crippen LogP contribution in [0.3, 0.4) is 0 Å². The van der Waals surface area contributed by atoms with E-state index in [1.54, 1.807) is 13.0 Å². The van der Waals surface area contributed by atoms with E-state index in [2.05, 4.69) is 53.7 Å². The van der Waals surface area contributed by atoms with Crippen molar-refractivity contribution in [3.8, 4) is 0 Å². The van der Waals surface area contributed by atoms with Crippen molar-refractivity contribution in [1.82, 2.24) is 0 Å².